The largest absolute Gasteiger partial charge is 0.300 e. The lowest BCUT2D eigenvalue weighted by atomic mass is 9.98. The molecular formula is C21H35ClFN. The number of nitrogens with zero attached hydrogens (tertiary/aromatic N) is 1. The number of benzene rings is 1. The molecule has 1 unspecified atom stereocenters. The van der Waals surface area contributed by atoms with Crippen molar-refractivity contribution in [2.24, 2.45) is 0 Å². The van der Waals surface area contributed by atoms with E-state index in [0.29, 0.717) is 6.04 Å². The van der Waals surface area contributed by atoms with Crippen LogP contribution in [0.2, 0.25) is 0 Å². The summed E-state index contributed by atoms with van der Waals surface area (Å²) in [6.45, 7) is 4.78. The van der Waals surface area contributed by atoms with Gasteiger partial charge in [-0.1, -0.05) is 64.0 Å². The molecule has 0 N–H and O–H groups in total. The minimum Gasteiger partial charge on any atom is -0.300 e. The Hall–Kier alpha value is -0.600. The Morgan fingerprint density at radius 1 is 0.917 bits per heavy atom. The summed E-state index contributed by atoms with van der Waals surface area (Å²) in [4.78, 5) is 2.67. The summed E-state index contributed by atoms with van der Waals surface area (Å²) in [7, 11) is 0. The Balaban J connectivity index is 0.00000288. The lowest BCUT2D eigenvalue weighted by molar-refractivity contribution is 0.224. The molecule has 3 heteroatoms. The second-order valence-corrected chi connectivity index (χ2v) is 7.14. The molecule has 1 atom stereocenters. The van der Waals surface area contributed by atoms with Crippen molar-refractivity contribution in [3.8, 4) is 0 Å². The average Bonchev–Trinajstić information content (AvgIpc) is 3.09. The molecule has 1 nitrogen and oxygen atoms in total. The number of hydrogen-bond acceptors (Lipinski definition) is 1. The first-order valence-corrected chi connectivity index (χ1v) is 9.78. The summed E-state index contributed by atoms with van der Waals surface area (Å²) in [5.74, 6) is -0.126. The molecule has 1 aromatic carbocycles. The van der Waals surface area contributed by atoms with Crippen molar-refractivity contribution in [3.05, 3.63) is 35.6 Å². The van der Waals surface area contributed by atoms with Crippen LogP contribution >= 0.6 is 12.4 Å². The summed E-state index contributed by atoms with van der Waals surface area (Å²) in [6.07, 6.45) is 14.7. The molecule has 1 fully saturated rings. The van der Waals surface area contributed by atoms with Crippen LogP contribution < -0.4 is 0 Å². The smallest absolute Gasteiger partial charge is 0.123 e. The lowest BCUT2D eigenvalue weighted by Gasteiger charge is -2.28. The molecule has 1 aliphatic heterocycles. The van der Waals surface area contributed by atoms with E-state index in [2.05, 4.69) is 11.8 Å². The van der Waals surface area contributed by atoms with Crippen LogP contribution in [0.1, 0.15) is 76.7 Å². The highest BCUT2D eigenvalue weighted by atomic mass is 35.5. The number of hydrogen-bond donors (Lipinski definition) is 0. The third-order valence-corrected chi connectivity index (χ3v) is 5.18. The molecule has 24 heavy (non-hydrogen) atoms. The van der Waals surface area contributed by atoms with Gasteiger partial charge in [0.15, 0.2) is 0 Å². The molecule has 0 radical (unpaired) electrons. The van der Waals surface area contributed by atoms with Gasteiger partial charge in [0.05, 0.1) is 0 Å². The van der Waals surface area contributed by atoms with Crippen LogP contribution in [0, 0.1) is 5.82 Å². The van der Waals surface area contributed by atoms with E-state index in [1.54, 1.807) is 12.1 Å². The van der Waals surface area contributed by atoms with E-state index in [1.807, 2.05) is 12.1 Å². The highest BCUT2D eigenvalue weighted by Crippen LogP contribution is 2.21. The predicted molar refractivity (Wildman–Crippen MR) is 105 cm³/mol. The van der Waals surface area contributed by atoms with Crippen molar-refractivity contribution in [1.29, 1.82) is 0 Å². The Labute approximate surface area is 154 Å². The SMILES string of the molecule is CCCCCCCCCC(Cc1ccc(F)cc1)N1CCCC1.Cl. The fourth-order valence-corrected chi connectivity index (χ4v) is 3.75. The van der Waals surface area contributed by atoms with Gasteiger partial charge in [-0.15, -0.1) is 12.4 Å². The van der Waals surface area contributed by atoms with Crippen molar-refractivity contribution in [3.63, 3.8) is 0 Å². The van der Waals surface area contributed by atoms with Gasteiger partial charge in [0.2, 0.25) is 0 Å². The van der Waals surface area contributed by atoms with Gasteiger partial charge in [-0.05, 0) is 56.5 Å². The molecule has 0 saturated carbocycles. The minimum atomic E-state index is -0.126. The van der Waals surface area contributed by atoms with Gasteiger partial charge in [0.1, 0.15) is 5.82 Å². The first kappa shape index (κ1) is 21.4. The van der Waals surface area contributed by atoms with Crippen molar-refractivity contribution < 1.29 is 4.39 Å². The third-order valence-electron chi connectivity index (χ3n) is 5.18. The highest BCUT2D eigenvalue weighted by Gasteiger charge is 2.21. The Kier molecular flexibility index (Phi) is 11.4. The van der Waals surface area contributed by atoms with Gasteiger partial charge in [0.25, 0.3) is 0 Å². The quantitative estimate of drug-likeness (QED) is 0.415. The molecule has 0 aromatic heterocycles. The molecule has 2 rings (SSSR count). The molecule has 138 valence electrons. The van der Waals surface area contributed by atoms with E-state index in [1.165, 1.54) is 82.9 Å². The van der Waals surface area contributed by atoms with Gasteiger partial charge in [-0.3, -0.25) is 0 Å². The van der Waals surface area contributed by atoms with E-state index in [9.17, 15) is 4.39 Å². The summed E-state index contributed by atoms with van der Waals surface area (Å²) >= 11 is 0. The average molecular weight is 356 g/mol. The molecule has 1 saturated heterocycles. The zero-order valence-electron chi connectivity index (χ0n) is 15.3. The number of unbranched alkanes of at least 4 members (excludes halogenated alkanes) is 6. The van der Waals surface area contributed by atoms with Crippen LogP contribution in [0.4, 0.5) is 4.39 Å². The minimum absolute atomic E-state index is 0. The Morgan fingerprint density at radius 2 is 1.50 bits per heavy atom. The predicted octanol–water partition coefficient (Wildman–Crippen LogP) is 6.40. The maximum absolute atomic E-state index is 13.1. The van der Waals surface area contributed by atoms with Crippen molar-refractivity contribution in [2.75, 3.05) is 13.1 Å². The van der Waals surface area contributed by atoms with Crippen LogP contribution in [0.5, 0.6) is 0 Å². The van der Waals surface area contributed by atoms with E-state index >= 15 is 0 Å². The fraction of sp³-hybridized carbons (Fsp3) is 0.714. The van der Waals surface area contributed by atoms with Gasteiger partial charge in [-0.2, -0.15) is 0 Å². The zero-order chi connectivity index (χ0) is 16.3. The van der Waals surface area contributed by atoms with Crippen LogP contribution in [0.3, 0.4) is 0 Å². The molecule has 1 aliphatic rings. The maximum atomic E-state index is 13.1. The topological polar surface area (TPSA) is 3.24 Å². The maximum Gasteiger partial charge on any atom is 0.123 e. The molecule has 0 bridgehead atoms. The van der Waals surface area contributed by atoms with E-state index in [0.717, 1.165) is 6.42 Å². The zero-order valence-corrected chi connectivity index (χ0v) is 16.1. The summed E-state index contributed by atoms with van der Waals surface area (Å²) < 4.78 is 13.1. The van der Waals surface area contributed by atoms with Gasteiger partial charge in [0, 0.05) is 6.04 Å². The summed E-state index contributed by atoms with van der Waals surface area (Å²) in [5.41, 5.74) is 1.28. The summed E-state index contributed by atoms with van der Waals surface area (Å²) in [6, 6.07) is 7.78. The normalized spacial score (nSPS) is 16.1. The van der Waals surface area contributed by atoms with Crippen molar-refractivity contribution in [2.45, 2.75) is 83.6 Å². The third kappa shape index (κ3) is 7.98. The summed E-state index contributed by atoms with van der Waals surface area (Å²) in [5, 5.41) is 0. The van der Waals surface area contributed by atoms with E-state index in [4.69, 9.17) is 0 Å². The Bertz CT molecular complexity index is 414. The first-order chi connectivity index (χ1) is 11.3. The van der Waals surface area contributed by atoms with Crippen LogP contribution in [0.15, 0.2) is 24.3 Å². The van der Waals surface area contributed by atoms with Crippen molar-refractivity contribution >= 4 is 12.4 Å². The lowest BCUT2D eigenvalue weighted by Crippen LogP contribution is -2.34. The van der Waals surface area contributed by atoms with Crippen LogP contribution in [-0.4, -0.2) is 24.0 Å². The second-order valence-electron chi connectivity index (χ2n) is 7.14. The van der Waals surface area contributed by atoms with Gasteiger partial charge in [-0.25, -0.2) is 4.39 Å². The molecule has 0 aliphatic carbocycles. The van der Waals surface area contributed by atoms with Crippen molar-refractivity contribution in [1.82, 2.24) is 4.90 Å². The highest BCUT2D eigenvalue weighted by molar-refractivity contribution is 5.85. The standard InChI is InChI=1S/C21H34FN.ClH/c1-2-3-4-5-6-7-8-11-21(23-16-9-10-17-23)18-19-12-14-20(22)15-13-19;/h12-15,21H,2-11,16-18H2,1H3;1H. The molecular weight excluding hydrogens is 321 g/mol. The van der Waals surface area contributed by atoms with Gasteiger partial charge >= 0.3 is 0 Å². The van der Waals surface area contributed by atoms with E-state index in [-0.39, 0.29) is 18.2 Å². The first-order valence-electron chi connectivity index (χ1n) is 9.78. The monoisotopic (exact) mass is 355 g/mol. The molecule has 0 spiro atoms. The van der Waals surface area contributed by atoms with Crippen LogP contribution in [0.25, 0.3) is 0 Å². The van der Waals surface area contributed by atoms with Crippen LogP contribution in [-0.2, 0) is 6.42 Å². The fourth-order valence-electron chi connectivity index (χ4n) is 3.75. The molecule has 1 aromatic rings. The van der Waals surface area contributed by atoms with E-state index < -0.39 is 0 Å². The number of rotatable bonds is 11. The molecule has 0 amide bonds. The number of likely N-dealkylation sites (tertiary alicyclic amines) is 1. The Morgan fingerprint density at radius 3 is 2.12 bits per heavy atom. The van der Waals surface area contributed by atoms with Gasteiger partial charge < -0.3 is 4.90 Å². The number of halogens is 2. The second kappa shape index (κ2) is 12.7. The molecule has 1 heterocycles.